The topological polar surface area (TPSA) is 118 Å². The van der Waals surface area contributed by atoms with Crippen molar-refractivity contribution >= 4 is 23.4 Å². The Morgan fingerprint density at radius 3 is 2.25 bits per heavy atom. The molecule has 1 unspecified atom stereocenters. The Morgan fingerprint density at radius 1 is 1.03 bits per heavy atom. The third-order valence-corrected chi connectivity index (χ3v) is 5.47. The first-order valence-electron chi connectivity index (χ1n) is 10.8. The highest BCUT2D eigenvalue weighted by molar-refractivity contribution is 6.51. The van der Waals surface area contributed by atoms with Crippen molar-refractivity contribution in [2.24, 2.45) is 0 Å². The molecule has 36 heavy (non-hydrogen) atoms. The number of halogens is 3. The summed E-state index contributed by atoms with van der Waals surface area (Å²) in [6.45, 7) is 5.61. The SMILES string of the molecule is Cc1cnc(N2C(=O)C(=O)C(=C(O)c3ccc(C(C)C)cc3)C2c2ccc(OC(F)(F)F)nc2)nn1. The monoisotopic (exact) mass is 499 g/mol. The van der Waals surface area contributed by atoms with E-state index < -0.39 is 35.7 Å². The quantitative estimate of drug-likeness (QED) is 0.315. The first kappa shape index (κ1) is 24.8. The Balaban J connectivity index is 1.85. The van der Waals surface area contributed by atoms with Gasteiger partial charge < -0.3 is 9.84 Å². The van der Waals surface area contributed by atoms with Gasteiger partial charge in [-0.15, -0.1) is 18.3 Å². The smallest absolute Gasteiger partial charge is 0.507 e. The molecular formula is C24H20F3N5O4. The summed E-state index contributed by atoms with van der Waals surface area (Å²) in [5.41, 5.74) is 1.54. The number of ether oxygens (including phenoxy) is 1. The molecule has 0 radical (unpaired) electrons. The molecule has 1 aliphatic heterocycles. The van der Waals surface area contributed by atoms with Crippen LogP contribution in [-0.4, -0.2) is 43.3 Å². The number of hydrogen-bond donors (Lipinski definition) is 1. The third-order valence-electron chi connectivity index (χ3n) is 5.47. The predicted octanol–water partition coefficient (Wildman–Crippen LogP) is 4.22. The molecule has 12 heteroatoms. The number of alkyl halides is 3. The standard InChI is InChI=1S/C24H20F3N5O4/c1-12(2)14-4-6-15(7-5-14)20(33)18-19(16-8-9-17(28-11-16)36-24(25,26)27)32(22(35)21(18)34)23-29-10-13(3)30-31-23/h4-12,19,33H,1-3H3. The van der Waals surface area contributed by atoms with Crippen molar-refractivity contribution in [3.63, 3.8) is 0 Å². The van der Waals surface area contributed by atoms with E-state index in [4.69, 9.17) is 0 Å². The Morgan fingerprint density at radius 2 is 1.72 bits per heavy atom. The van der Waals surface area contributed by atoms with Gasteiger partial charge in [0.15, 0.2) is 0 Å². The van der Waals surface area contributed by atoms with Crippen molar-refractivity contribution in [3.8, 4) is 5.88 Å². The number of rotatable bonds is 5. The number of aliphatic hydroxyl groups excluding tert-OH is 1. The fourth-order valence-corrected chi connectivity index (χ4v) is 3.70. The minimum Gasteiger partial charge on any atom is -0.507 e. The number of hydrogen-bond acceptors (Lipinski definition) is 8. The van der Waals surface area contributed by atoms with Crippen LogP contribution in [0, 0.1) is 6.92 Å². The fourth-order valence-electron chi connectivity index (χ4n) is 3.70. The number of aryl methyl sites for hydroxylation is 1. The second-order valence-corrected chi connectivity index (χ2v) is 8.32. The number of amides is 1. The largest absolute Gasteiger partial charge is 0.574 e. The number of aliphatic hydroxyl groups is 1. The predicted molar refractivity (Wildman–Crippen MR) is 121 cm³/mol. The summed E-state index contributed by atoms with van der Waals surface area (Å²) in [5, 5.41) is 18.9. The maximum atomic E-state index is 13.1. The van der Waals surface area contributed by atoms with E-state index in [1.54, 1.807) is 31.2 Å². The van der Waals surface area contributed by atoms with Crippen molar-refractivity contribution in [3.05, 3.63) is 76.7 Å². The summed E-state index contributed by atoms with van der Waals surface area (Å²) in [6, 6.07) is 7.63. The number of Topliss-reactive ketones (excluding diaryl/α,β-unsaturated/α-hetero) is 1. The van der Waals surface area contributed by atoms with Crippen LogP contribution < -0.4 is 9.64 Å². The van der Waals surface area contributed by atoms with Crippen LogP contribution in [0.2, 0.25) is 0 Å². The number of ketones is 1. The number of nitrogens with zero attached hydrogens (tertiary/aromatic N) is 5. The normalized spacial score (nSPS) is 17.6. The average molecular weight is 499 g/mol. The van der Waals surface area contributed by atoms with Crippen LogP contribution in [0.5, 0.6) is 5.88 Å². The van der Waals surface area contributed by atoms with E-state index in [0.717, 1.165) is 22.7 Å². The van der Waals surface area contributed by atoms with Crippen molar-refractivity contribution < 1.29 is 32.6 Å². The van der Waals surface area contributed by atoms with Crippen molar-refractivity contribution in [1.29, 1.82) is 0 Å². The fraction of sp³-hybridized carbons (Fsp3) is 0.250. The van der Waals surface area contributed by atoms with Crippen molar-refractivity contribution in [2.75, 3.05) is 4.90 Å². The van der Waals surface area contributed by atoms with Crippen LogP contribution in [0.1, 0.15) is 48.2 Å². The van der Waals surface area contributed by atoms with Crippen LogP contribution in [0.4, 0.5) is 19.1 Å². The van der Waals surface area contributed by atoms with Gasteiger partial charge in [-0.1, -0.05) is 38.1 Å². The molecule has 0 bridgehead atoms. The van der Waals surface area contributed by atoms with Crippen molar-refractivity contribution in [1.82, 2.24) is 20.2 Å². The summed E-state index contributed by atoms with van der Waals surface area (Å²) >= 11 is 0. The molecule has 1 atom stereocenters. The molecule has 2 aromatic heterocycles. The minimum absolute atomic E-state index is 0.119. The van der Waals surface area contributed by atoms with Crippen LogP contribution in [0.3, 0.4) is 0 Å². The van der Waals surface area contributed by atoms with E-state index in [2.05, 4.69) is 24.9 Å². The highest BCUT2D eigenvalue weighted by Gasteiger charge is 2.48. The summed E-state index contributed by atoms with van der Waals surface area (Å²) in [4.78, 5) is 34.8. The molecule has 0 saturated carbocycles. The number of aromatic nitrogens is 4. The second-order valence-electron chi connectivity index (χ2n) is 8.32. The molecule has 1 amide bonds. The molecule has 3 heterocycles. The van der Waals surface area contributed by atoms with E-state index in [1.807, 2.05) is 13.8 Å². The molecular weight excluding hydrogens is 479 g/mol. The zero-order valence-electron chi connectivity index (χ0n) is 19.3. The van der Waals surface area contributed by atoms with E-state index in [-0.39, 0.29) is 28.6 Å². The average Bonchev–Trinajstić information content (AvgIpc) is 3.09. The molecule has 1 N–H and O–H groups in total. The maximum absolute atomic E-state index is 13.1. The molecule has 0 spiro atoms. The van der Waals surface area contributed by atoms with E-state index >= 15 is 0 Å². The van der Waals surface area contributed by atoms with Gasteiger partial charge in [0, 0.05) is 17.8 Å². The van der Waals surface area contributed by atoms with Gasteiger partial charge >= 0.3 is 12.3 Å². The van der Waals surface area contributed by atoms with Gasteiger partial charge in [0.25, 0.3) is 11.7 Å². The molecule has 186 valence electrons. The first-order valence-corrected chi connectivity index (χ1v) is 10.8. The van der Waals surface area contributed by atoms with Gasteiger partial charge in [-0.05, 0) is 30.0 Å². The van der Waals surface area contributed by atoms with Gasteiger partial charge in [-0.3, -0.25) is 14.5 Å². The van der Waals surface area contributed by atoms with Gasteiger partial charge in [-0.25, -0.2) is 9.97 Å². The zero-order chi connectivity index (χ0) is 26.2. The number of benzene rings is 1. The lowest BCUT2D eigenvalue weighted by Crippen LogP contribution is -2.31. The van der Waals surface area contributed by atoms with Crippen LogP contribution in [0.25, 0.3) is 5.76 Å². The summed E-state index contributed by atoms with van der Waals surface area (Å²) in [6.07, 6.45) is -2.60. The Labute approximate surface area is 203 Å². The van der Waals surface area contributed by atoms with Crippen molar-refractivity contribution in [2.45, 2.75) is 39.1 Å². The van der Waals surface area contributed by atoms with E-state index in [9.17, 15) is 27.9 Å². The molecule has 9 nitrogen and oxygen atoms in total. The highest BCUT2D eigenvalue weighted by atomic mass is 19.4. The number of pyridine rings is 1. The molecule has 1 saturated heterocycles. The molecule has 1 aromatic carbocycles. The molecule has 1 aliphatic rings. The maximum Gasteiger partial charge on any atom is 0.574 e. The molecule has 0 aliphatic carbocycles. The van der Waals surface area contributed by atoms with Gasteiger partial charge in [0.1, 0.15) is 5.76 Å². The number of carbonyl (C=O) groups is 2. The Bertz CT molecular complexity index is 1320. The van der Waals surface area contributed by atoms with Gasteiger partial charge in [-0.2, -0.15) is 5.10 Å². The lowest BCUT2D eigenvalue weighted by molar-refractivity contribution is -0.276. The minimum atomic E-state index is -4.95. The van der Waals surface area contributed by atoms with Crippen LogP contribution in [-0.2, 0) is 9.59 Å². The van der Waals surface area contributed by atoms with Gasteiger partial charge in [0.2, 0.25) is 5.88 Å². The number of anilines is 1. The molecule has 1 fully saturated rings. The lowest BCUT2D eigenvalue weighted by Gasteiger charge is -2.23. The highest BCUT2D eigenvalue weighted by Crippen LogP contribution is 2.41. The Kier molecular flexibility index (Phi) is 6.44. The van der Waals surface area contributed by atoms with Crippen LogP contribution >= 0.6 is 0 Å². The summed E-state index contributed by atoms with van der Waals surface area (Å²) < 4.78 is 41.5. The second kappa shape index (κ2) is 9.36. The zero-order valence-corrected chi connectivity index (χ0v) is 19.3. The number of carbonyl (C=O) groups excluding carboxylic acids is 2. The summed E-state index contributed by atoms with van der Waals surface area (Å²) in [7, 11) is 0. The lowest BCUT2D eigenvalue weighted by atomic mass is 9.95. The van der Waals surface area contributed by atoms with E-state index in [0.29, 0.717) is 5.69 Å². The molecule has 4 rings (SSSR count). The van der Waals surface area contributed by atoms with Crippen LogP contribution in [0.15, 0.2) is 54.4 Å². The molecule has 3 aromatic rings. The third kappa shape index (κ3) is 4.88. The Hall–Kier alpha value is -4.35. The van der Waals surface area contributed by atoms with Gasteiger partial charge in [0.05, 0.1) is 23.5 Å². The first-order chi connectivity index (χ1) is 17.0. The van der Waals surface area contributed by atoms with E-state index in [1.165, 1.54) is 12.3 Å². The summed E-state index contributed by atoms with van der Waals surface area (Å²) in [5.74, 6) is -3.27.